The highest BCUT2D eigenvalue weighted by Gasteiger charge is 2.22. The first-order valence-electron chi connectivity index (χ1n) is 4.63. The average Bonchev–Trinajstić information content (AvgIpc) is 2.65. The molecule has 0 saturated carbocycles. The lowest BCUT2D eigenvalue weighted by molar-refractivity contribution is -0.128. The second-order valence-electron chi connectivity index (χ2n) is 3.16. The number of carbonyl (C=O) groups excluding carboxylic acids is 1. The molecule has 8 nitrogen and oxygen atoms in total. The Labute approximate surface area is 86.0 Å². The Morgan fingerprint density at radius 2 is 2.60 bits per heavy atom. The number of hydrogen-bond donors (Lipinski definition) is 2. The Morgan fingerprint density at radius 1 is 1.73 bits per heavy atom. The van der Waals surface area contributed by atoms with Crippen LogP contribution in [0.2, 0.25) is 0 Å². The summed E-state index contributed by atoms with van der Waals surface area (Å²) < 4.78 is 5.26. The number of nitrogens with one attached hydrogen (secondary N) is 2. The summed E-state index contributed by atoms with van der Waals surface area (Å²) in [4.78, 5) is 12.9. The van der Waals surface area contributed by atoms with Crippen molar-refractivity contribution in [2.45, 2.75) is 6.10 Å². The molecule has 2 rings (SSSR count). The minimum Gasteiger partial charge on any atom is -0.366 e. The van der Waals surface area contributed by atoms with Gasteiger partial charge in [0, 0.05) is 13.1 Å². The summed E-state index contributed by atoms with van der Waals surface area (Å²) in [5.74, 6) is -0.0631. The Kier molecular flexibility index (Phi) is 2.88. The number of hydrogen-bond acceptors (Lipinski definition) is 6. The van der Waals surface area contributed by atoms with E-state index in [0.717, 1.165) is 6.54 Å². The number of tetrazole rings is 1. The molecule has 1 unspecified atom stereocenters. The highest BCUT2D eigenvalue weighted by molar-refractivity contribution is 5.92. The van der Waals surface area contributed by atoms with Crippen LogP contribution in [0.4, 0.5) is 5.95 Å². The number of carbonyl (C=O) groups is 1. The van der Waals surface area contributed by atoms with E-state index < -0.39 is 6.10 Å². The monoisotopic (exact) mass is 212 g/mol. The molecule has 1 aliphatic heterocycles. The van der Waals surface area contributed by atoms with Gasteiger partial charge in [-0.1, -0.05) is 5.10 Å². The zero-order valence-electron chi connectivity index (χ0n) is 8.30. The van der Waals surface area contributed by atoms with Crippen LogP contribution >= 0.6 is 0 Å². The van der Waals surface area contributed by atoms with Crippen molar-refractivity contribution in [3.8, 4) is 0 Å². The van der Waals surface area contributed by atoms with Crippen LogP contribution in [0.1, 0.15) is 0 Å². The third kappa shape index (κ3) is 2.48. The van der Waals surface area contributed by atoms with Crippen LogP contribution in [-0.4, -0.2) is 51.9 Å². The third-order valence-electron chi connectivity index (χ3n) is 1.96. The van der Waals surface area contributed by atoms with Crippen molar-refractivity contribution in [3.63, 3.8) is 0 Å². The molecule has 0 aromatic carbocycles. The number of amides is 1. The van der Waals surface area contributed by atoms with E-state index in [1.807, 2.05) is 0 Å². The lowest BCUT2D eigenvalue weighted by Gasteiger charge is -2.21. The van der Waals surface area contributed by atoms with Gasteiger partial charge in [0.25, 0.3) is 11.9 Å². The zero-order valence-corrected chi connectivity index (χ0v) is 8.30. The van der Waals surface area contributed by atoms with E-state index in [1.54, 1.807) is 7.05 Å². The highest BCUT2D eigenvalue weighted by Crippen LogP contribution is 2.00. The molecule has 8 heteroatoms. The van der Waals surface area contributed by atoms with Gasteiger partial charge < -0.3 is 10.1 Å². The maximum absolute atomic E-state index is 11.6. The molecule has 1 atom stereocenters. The molecule has 0 aliphatic carbocycles. The number of ether oxygens (including phenoxy) is 1. The van der Waals surface area contributed by atoms with E-state index in [2.05, 4.69) is 26.0 Å². The predicted molar refractivity (Wildman–Crippen MR) is 50.0 cm³/mol. The van der Waals surface area contributed by atoms with Crippen LogP contribution < -0.4 is 10.6 Å². The molecule has 1 aromatic rings. The summed E-state index contributed by atoms with van der Waals surface area (Å²) in [6.07, 6.45) is -0.484. The van der Waals surface area contributed by atoms with Crippen molar-refractivity contribution in [3.05, 3.63) is 0 Å². The summed E-state index contributed by atoms with van der Waals surface area (Å²) in [6.45, 7) is 1.81. The van der Waals surface area contributed by atoms with E-state index in [9.17, 15) is 4.79 Å². The van der Waals surface area contributed by atoms with Gasteiger partial charge in [0.15, 0.2) is 0 Å². The van der Waals surface area contributed by atoms with Gasteiger partial charge in [0.2, 0.25) is 0 Å². The molecular formula is C7H12N6O2. The summed E-state index contributed by atoms with van der Waals surface area (Å²) in [7, 11) is 1.63. The van der Waals surface area contributed by atoms with Crippen molar-refractivity contribution in [2.24, 2.45) is 7.05 Å². The first kappa shape index (κ1) is 9.99. The van der Waals surface area contributed by atoms with Crippen LogP contribution in [0.5, 0.6) is 0 Å². The zero-order chi connectivity index (χ0) is 10.7. The van der Waals surface area contributed by atoms with Gasteiger partial charge in [-0.05, 0) is 5.21 Å². The summed E-state index contributed by atoms with van der Waals surface area (Å²) in [6, 6.07) is 0. The van der Waals surface area contributed by atoms with Crippen LogP contribution in [0.15, 0.2) is 0 Å². The summed E-state index contributed by atoms with van der Waals surface area (Å²) >= 11 is 0. The second kappa shape index (κ2) is 4.32. The van der Waals surface area contributed by atoms with Gasteiger partial charge in [0.1, 0.15) is 6.10 Å². The van der Waals surface area contributed by atoms with Crippen LogP contribution in [0, 0.1) is 0 Å². The number of nitrogens with zero attached hydrogens (tertiary/aromatic N) is 4. The molecule has 0 spiro atoms. The molecule has 1 fully saturated rings. The fourth-order valence-corrected chi connectivity index (χ4v) is 1.26. The minimum atomic E-state index is -0.484. The lowest BCUT2D eigenvalue weighted by atomic mass is 10.3. The number of aromatic nitrogens is 4. The SMILES string of the molecule is Cn1nnc(NC(=O)C2CNCCO2)n1. The number of rotatable bonds is 2. The molecule has 0 radical (unpaired) electrons. The fourth-order valence-electron chi connectivity index (χ4n) is 1.26. The van der Waals surface area contributed by atoms with E-state index in [-0.39, 0.29) is 11.9 Å². The van der Waals surface area contributed by atoms with Crippen LogP contribution in [0.3, 0.4) is 0 Å². The predicted octanol–water partition coefficient (Wildman–Crippen LogP) is -1.86. The first-order valence-corrected chi connectivity index (χ1v) is 4.63. The van der Waals surface area contributed by atoms with Crippen molar-refractivity contribution >= 4 is 11.9 Å². The molecule has 82 valence electrons. The Balaban J connectivity index is 1.91. The van der Waals surface area contributed by atoms with Crippen molar-refractivity contribution in [1.82, 2.24) is 25.5 Å². The molecular weight excluding hydrogens is 200 g/mol. The minimum absolute atomic E-state index is 0.191. The maximum Gasteiger partial charge on any atom is 0.270 e. The van der Waals surface area contributed by atoms with Crippen molar-refractivity contribution in [1.29, 1.82) is 0 Å². The van der Waals surface area contributed by atoms with Crippen molar-refractivity contribution in [2.75, 3.05) is 25.0 Å². The van der Waals surface area contributed by atoms with Gasteiger partial charge in [-0.2, -0.15) is 4.80 Å². The average molecular weight is 212 g/mol. The molecule has 1 amide bonds. The van der Waals surface area contributed by atoms with Gasteiger partial charge in [-0.15, -0.1) is 5.10 Å². The van der Waals surface area contributed by atoms with Crippen molar-refractivity contribution < 1.29 is 9.53 Å². The second-order valence-corrected chi connectivity index (χ2v) is 3.16. The quantitative estimate of drug-likeness (QED) is 0.597. The fraction of sp³-hybridized carbons (Fsp3) is 0.714. The molecule has 1 aliphatic rings. The lowest BCUT2D eigenvalue weighted by Crippen LogP contribution is -2.45. The topological polar surface area (TPSA) is 94.0 Å². The largest absolute Gasteiger partial charge is 0.366 e. The van der Waals surface area contributed by atoms with Gasteiger partial charge >= 0.3 is 0 Å². The Bertz CT molecular complexity index is 345. The van der Waals surface area contributed by atoms with E-state index in [0.29, 0.717) is 13.2 Å². The molecule has 2 N–H and O–H groups in total. The molecule has 1 aromatic heterocycles. The van der Waals surface area contributed by atoms with Crippen LogP contribution in [0.25, 0.3) is 0 Å². The summed E-state index contributed by atoms with van der Waals surface area (Å²) in [5, 5.41) is 16.7. The van der Waals surface area contributed by atoms with E-state index >= 15 is 0 Å². The van der Waals surface area contributed by atoms with E-state index in [1.165, 1.54) is 4.80 Å². The van der Waals surface area contributed by atoms with Gasteiger partial charge in [-0.25, -0.2) is 0 Å². The normalized spacial score (nSPS) is 21.3. The molecule has 1 saturated heterocycles. The standard InChI is InChI=1S/C7H12N6O2/c1-13-11-7(10-12-13)9-6(14)5-4-8-2-3-15-5/h5,8H,2-4H2,1H3,(H,9,11,14). The van der Waals surface area contributed by atoms with Gasteiger partial charge in [0.05, 0.1) is 13.7 Å². The smallest absolute Gasteiger partial charge is 0.270 e. The molecule has 0 bridgehead atoms. The number of aryl methyl sites for hydroxylation is 1. The molecule has 2 heterocycles. The van der Waals surface area contributed by atoms with E-state index in [4.69, 9.17) is 4.74 Å². The third-order valence-corrected chi connectivity index (χ3v) is 1.96. The number of morpholine rings is 1. The van der Waals surface area contributed by atoms with Crippen LogP contribution in [-0.2, 0) is 16.6 Å². The molecule has 15 heavy (non-hydrogen) atoms. The highest BCUT2D eigenvalue weighted by atomic mass is 16.5. The first-order chi connectivity index (χ1) is 7.25. The Hall–Kier alpha value is -1.54. The number of anilines is 1. The van der Waals surface area contributed by atoms with Gasteiger partial charge in [-0.3, -0.25) is 10.1 Å². The summed E-state index contributed by atoms with van der Waals surface area (Å²) in [5.41, 5.74) is 0. The maximum atomic E-state index is 11.6. The Morgan fingerprint density at radius 3 is 3.20 bits per heavy atom.